The second kappa shape index (κ2) is 194. The number of rotatable bonds is 1. The maximum absolute atomic E-state index is 7.50. The van der Waals surface area contributed by atoms with Crippen LogP contribution in [0.4, 0.5) is 0 Å². The van der Waals surface area contributed by atoms with E-state index in [4.69, 9.17) is 41.9 Å². The van der Waals surface area contributed by atoms with E-state index in [2.05, 4.69) is 104 Å². The van der Waals surface area contributed by atoms with Crippen LogP contribution in [0.1, 0.15) is 0 Å². The first kappa shape index (κ1) is 71.0. The first-order chi connectivity index (χ1) is 13.3. The molecular formula is C17H11Mn2O9P. The van der Waals surface area contributed by atoms with Crippen LogP contribution in [-0.2, 0) is 76.0 Å². The zero-order valence-corrected chi connectivity index (χ0v) is 18.0. The molecule has 0 atom stereocenters. The van der Waals surface area contributed by atoms with Crippen LogP contribution in [0.25, 0.3) is 0 Å². The largest absolute Gasteiger partial charge is 0 e. The molecule has 0 spiro atoms. The van der Waals surface area contributed by atoms with Gasteiger partial charge in [0, 0.05) is 34.1 Å². The van der Waals surface area contributed by atoms with E-state index < -0.39 is 0 Å². The Hall–Kier alpha value is -1.65. The molecule has 152 valence electrons. The summed E-state index contributed by atoms with van der Waals surface area (Å²) in [5.41, 5.74) is 0. The standard InChI is InChI=1S/C8H11P.9CO.2Mn/c1-9(2)8-6-4-3-5-7-8;9*1-2;;/h3-7H,1-2H3;;;;;;;;;;;. The predicted octanol–water partition coefficient (Wildman–Crippen LogP) is 1.71. The summed E-state index contributed by atoms with van der Waals surface area (Å²) in [6.45, 7) is 45.0. The summed E-state index contributed by atoms with van der Waals surface area (Å²) in [6.07, 6.45) is 0. The van der Waals surface area contributed by atoms with Crippen molar-refractivity contribution in [2.24, 2.45) is 0 Å². The van der Waals surface area contributed by atoms with Crippen molar-refractivity contribution in [1.82, 2.24) is 0 Å². The first-order valence-corrected chi connectivity index (χ1v) is 7.10. The Morgan fingerprint density at radius 2 is 0.621 bits per heavy atom. The van der Waals surface area contributed by atoms with Gasteiger partial charge in [0.25, 0.3) is 0 Å². The quantitative estimate of drug-likeness (QED) is 0.236. The van der Waals surface area contributed by atoms with E-state index >= 15 is 0 Å². The summed E-state index contributed by atoms with van der Waals surface area (Å²) < 4.78 is 67.5. The molecule has 0 saturated heterocycles. The zero-order valence-electron chi connectivity index (χ0n) is 14.8. The average Bonchev–Trinajstić information content (AvgIpc) is 2.86. The minimum absolute atomic E-state index is 0. The van der Waals surface area contributed by atoms with Gasteiger partial charge in [0.15, 0.2) is 0 Å². The predicted molar refractivity (Wildman–Crippen MR) is 80.2 cm³/mol. The molecule has 0 aromatic heterocycles. The van der Waals surface area contributed by atoms with E-state index in [9.17, 15) is 0 Å². The molecule has 0 aliphatic heterocycles. The van der Waals surface area contributed by atoms with E-state index in [1.807, 2.05) is 0 Å². The molecule has 0 heterocycles. The zero-order chi connectivity index (χ0) is 24.7. The van der Waals surface area contributed by atoms with Crippen molar-refractivity contribution in [2.75, 3.05) is 13.3 Å². The first-order valence-electron chi connectivity index (χ1n) is 4.87. The molecule has 0 bridgehead atoms. The van der Waals surface area contributed by atoms with Crippen LogP contribution in [0.5, 0.6) is 0 Å². The van der Waals surface area contributed by atoms with Gasteiger partial charge in [-0.1, -0.05) is 38.3 Å². The van der Waals surface area contributed by atoms with E-state index in [-0.39, 0.29) is 42.1 Å². The number of hydrogen-bond acceptors (Lipinski definition) is 0. The van der Waals surface area contributed by atoms with Gasteiger partial charge in [0.2, 0.25) is 0 Å². The maximum Gasteiger partial charge on any atom is 0 e. The fourth-order valence-electron chi connectivity index (χ4n) is 0.726. The van der Waals surface area contributed by atoms with Gasteiger partial charge < -0.3 is 0 Å². The van der Waals surface area contributed by atoms with Gasteiger partial charge in [-0.2, -0.15) is 0 Å². The second-order valence-electron chi connectivity index (χ2n) is 2.23. The third-order valence-corrected chi connectivity index (χ3v) is 2.60. The van der Waals surface area contributed by atoms with Crippen molar-refractivity contribution in [1.29, 1.82) is 0 Å². The average molecular weight is 500 g/mol. The van der Waals surface area contributed by atoms with Gasteiger partial charge in [-0.05, 0) is 18.6 Å². The minimum atomic E-state index is 0. The van der Waals surface area contributed by atoms with E-state index in [0.717, 1.165) is 0 Å². The SMILES string of the molecule is CP(C)c1ccccc1.[C-]#[O+].[C-]#[O+].[C-]#[O+].[C-]#[O+].[C-]#[O+].[C-]#[O+].[C-]#[O+].[C-]#[O+].[C-]#[O+].[Mn].[Mn]. The molecule has 0 unspecified atom stereocenters. The van der Waals surface area contributed by atoms with Gasteiger partial charge in [-0.3, -0.25) is 0 Å². The maximum atomic E-state index is 7.50. The summed E-state index contributed by atoms with van der Waals surface area (Å²) in [6, 6.07) is 10.6. The molecule has 0 saturated carbocycles. The smallest absolute Gasteiger partial charge is 0 e. The molecule has 2 radical (unpaired) electrons. The molecule has 0 amide bonds. The summed E-state index contributed by atoms with van der Waals surface area (Å²) in [5.74, 6) is 0. The van der Waals surface area contributed by atoms with Gasteiger partial charge in [0.1, 0.15) is 0 Å². The van der Waals surface area contributed by atoms with Gasteiger partial charge in [-0.25, -0.2) is 0 Å². The van der Waals surface area contributed by atoms with E-state index in [1.54, 1.807) is 0 Å². The van der Waals surface area contributed by atoms with Crippen LogP contribution in [0.3, 0.4) is 0 Å². The summed E-state index contributed by atoms with van der Waals surface area (Å²) in [4.78, 5) is 0. The molecule has 12 heteroatoms. The van der Waals surface area contributed by atoms with Crippen LogP contribution < -0.4 is 5.30 Å². The van der Waals surface area contributed by atoms with E-state index in [1.165, 1.54) is 5.30 Å². The molecule has 1 aromatic rings. The molecule has 0 fully saturated rings. The van der Waals surface area contributed by atoms with Crippen molar-refractivity contribution in [2.45, 2.75) is 0 Å². The molecule has 29 heavy (non-hydrogen) atoms. The normalized spacial score (nSPS) is 3.76. The van der Waals surface area contributed by atoms with Gasteiger partial charge in [0.05, 0.1) is 0 Å². The van der Waals surface area contributed by atoms with E-state index in [0.29, 0.717) is 0 Å². The van der Waals surface area contributed by atoms with Gasteiger partial charge >= 0.3 is 102 Å². The van der Waals surface area contributed by atoms with Crippen LogP contribution in [0.15, 0.2) is 30.3 Å². The Morgan fingerprint density at radius 1 is 0.448 bits per heavy atom. The molecule has 0 N–H and O–H groups in total. The van der Waals surface area contributed by atoms with Crippen LogP contribution in [0, 0.1) is 59.9 Å². The Balaban J connectivity index is -0.0000000157. The van der Waals surface area contributed by atoms with Crippen LogP contribution in [-0.4, -0.2) is 13.3 Å². The molecule has 9 nitrogen and oxygen atoms in total. The fourth-order valence-corrected chi connectivity index (χ4v) is 1.49. The summed E-state index contributed by atoms with van der Waals surface area (Å²) >= 11 is 0. The summed E-state index contributed by atoms with van der Waals surface area (Å²) in [7, 11) is 0.104. The number of hydrogen-bond donors (Lipinski definition) is 0. The molecule has 1 aromatic carbocycles. The second-order valence-corrected chi connectivity index (χ2v) is 4.54. The Morgan fingerprint density at radius 3 is 0.724 bits per heavy atom. The fraction of sp³-hybridized carbons (Fsp3) is 0.118. The molecule has 0 aliphatic carbocycles. The van der Waals surface area contributed by atoms with Crippen molar-refractivity contribution >= 4 is 13.2 Å². The minimum Gasteiger partial charge on any atom is 0 e. The van der Waals surface area contributed by atoms with Crippen molar-refractivity contribution in [3.8, 4) is 0 Å². The molecule has 1 rings (SSSR count). The summed E-state index contributed by atoms with van der Waals surface area (Å²) in [5, 5.41) is 1.48. The topological polar surface area (TPSA) is 179 Å². The third kappa shape index (κ3) is 146. The van der Waals surface area contributed by atoms with Gasteiger partial charge in [-0.15, -0.1) is 0 Å². The van der Waals surface area contributed by atoms with Crippen molar-refractivity contribution < 1.29 is 76.0 Å². The Labute approximate surface area is 192 Å². The van der Waals surface area contributed by atoms with Crippen molar-refractivity contribution in [3.05, 3.63) is 90.2 Å². The monoisotopic (exact) mass is 500 g/mol. The Bertz CT molecular complexity index is 429. The van der Waals surface area contributed by atoms with Crippen LogP contribution >= 0.6 is 7.92 Å². The molecular weight excluding hydrogens is 489 g/mol. The van der Waals surface area contributed by atoms with Crippen molar-refractivity contribution in [3.63, 3.8) is 0 Å². The third-order valence-electron chi connectivity index (χ3n) is 1.27. The number of benzene rings is 1. The molecule has 0 aliphatic rings. The van der Waals surface area contributed by atoms with Crippen LogP contribution in [0.2, 0.25) is 0 Å². The Kier molecular flexibility index (Phi) is 475.